The Morgan fingerprint density at radius 2 is 1.96 bits per heavy atom. The van der Waals surface area contributed by atoms with Crippen LogP contribution in [0.15, 0.2) is 24.3 Å². The summed E-state index contributed by atoms with van der Waals surface area (Å²) < 4.78 is 15.6. The van der Waals surface area contributed by atoms with Crippen molar-refractivity contribution in [2.75, 3.05) is 46.4 Å². The van der Waals surface area contributed by atoms with Crippen LogP contribution in [0.1, 0.15) is 5.69 Å². The zero-order valence-corrected chi connectivity index (χ0v) is 15.0. The van der Waals surface area contributed by atoms with Crippen molar-refractivity contribution in [3.63, 3.8) is 0 Å². The summed E-state index contributed by atoms with van der Waals surface area (Å²) in [6, 6.07) is 6.95. The van der Waals surface area contributed by atoms with Crippen LogP contribution in [0.5, 0.6) is 0 Å². The van der Waals surface area contributed by atoms with Gasteiger partial charge in [0, 0.05) is 63.0 Å². The molecule has 1 aliphatic heterocycles. The van der Waals surface area contributed by atoms with Gasteiger partial charge >= 0.3 is 0 Å². The Morgan fingerprint density at radius 1 is 1.20 bits per heavy atom. The van der Waals surface area contributed by atoms with Gasteiger partial charge in [0.25, 0.3) is 0 Å². The van der Waals surface area contributed by atoms with Crippen LogP contribution >= 0.6 is 0 Å². The fraction of sp³-hybridized carbons (Fsp3) is 0.579. The minimum absolute atomic E-state index is 0.156. The SMILES string of the molecule is CN(CCO)C[C@@H]1CN(Cc2cc3cc(F)ccc3n2C)C[C@@H]1CO. The first-order chi connectivity index (χ1) is 12.0. The fourth-order valence-electron chi connectivity index (χ4n) is 4.00. The van der Waals surface area contributed by atoms with Gasteiger partial charge in [0.2, 0.25) is 0 Å². The lowest BCUT2D eigenvalue weighted by Gasteiger charge is -2.23. The summed E-state index contributed by atoms with van der Waals surface area (Å²) in [5.74, 6) is 0.445. The van der Waals surface area contributed by atoms with E-state index in [0.717, 1.165) is 42.8 Å². The first-order valence-corrected chi connectivity index (χ1v) is 8.88. The number of rotatable bonds is 7. The molecule has 0 radical (unpaired) electrons. The molecular formula is C19H28FN3O2. The number of aliphatic hydroxyl groups excluding tert-OH is 2. The molecule has 0 unspecified atom stereocenters. The lowest BCUT2D eigenvalue weighted by atomic mass is 9.96. The summed E-state index contributed by atoms with van der Waals surface area (Å²) in [4.78, 5) is 4.49. The molecule has 5 nitrogen and oxygen atoms in total. The highest BCUT2D eigenvalue weighted by Crippen LogP contribution is 2.27. The number of aryl methyl sites for hydroxylation is 1. The second-order valence-electron chi connectivity index (χ2n) is 7.28. The van der Waals surface area contributed by atoms with Crippen LogP contribution in [-0.2, 0) is 13.6 Å². The van der Waals surface area contributed by atoms with E-state index in [0.29, 0.717) is 12.5 Å². The number of benzene rings is 1. The molecule has 3 rings (SSSR count). The molecular weight excluding hydrogens is 321 g/mol. The van der Waals surface area contributed by atoms with E-state index in [2.05, 4.69) is 20.4 Å². The zero-order chi connectivity index (χ0) is 18.0. The van der Waals surface area contributed by atoms with Gasteiger partial charge in [0.05, 0.1) is 6.61 Å². The van der Waals surface area contributed by atoms with Crippen LogP contribution < -0.4 is 0 Å². The normalized spacial score (nSPS) is 21.7. The summed E-state index contributed by atoms with van der Waals surface area (Å²) in [7, 11) is 4.02. The Hall–Kier alpha value is -1.47. The Labute approximate surface area is 148 Å². The van der Waals surface area contributed by atoms with E-state index in [1.165, 1.54) is 6.07 Å². The van der Waals surface area contributed by atoms with Crippen molar-refractivity contribution in [3.05, 3.63) is 35.8 Å². The third-order valence-electron chi connectivity index (χ3n) is 5.40. The van der Waals surface area contributed by atoms with Crippen LogP contribution in [0.25, 0.3) is 10.9 Å². The number of fused-ring (bicyclic) bond motifs is 1. The van der Waals surface area contributed by atoms with Crippen LogP contribution in [-0.4, -0.2) is 71.0 Å². The minimum Gasteiger partial charge on any atom is -0.396 e. The molecule has 1 saturated heterocycles. The maximum absolute atomic E-state index is 13.4. The van der Waals surface area contributed by atoms with Crippen LogP contribution in [0.2, 0.25) is 0 Å². The summed E-state index contributed by atoms with van der Waals surface area (Å²) in [6.07, 6.45) is 0. The summed E-state index contributed by atoms with van der Waals surface area (Å²) in [5, 5.41) is 19.7. The Bertz CT molecular complexity index is 718. The Morgan fingerprint density at radius 3 is 2.68 bits per heavy atom. The highest BCUT2D eigenvalue weighted by Gasteiger charge is 2.33. The average molecular weight is 349 g/mol. The van der Waals surface area contributed by atoms with E-state index in [9.17, 15) is 9.50 Å². The minimum atomic E-state index is -0.210. The first kappa shape index (κ1) is 18.3. The van der Waals surface area contributed by atoms with Crippen molar-refractivity contribution >= 4 is 10.9 Å². The molecule has 2 atom stereocenters. The van der Waals surface area contributed by atoms with Gasteiger partial charge in [-0.05, 0) is 43.1 Å². The van der Waals surface area contributed by atoms with Gasteiger partial charge in [-0.2, -0.15) is 0 Å². The topological polar surface area (TPSA) is 51.9 Å². The van der Waals surface area contributed by atoms with E-state index in [-0.39, 0.29) is 24.9 Å². The highest BCUT2D eigenvalue weighted by atomic mass is 19.1. The molecule has 0 aliphatic carbocycles. The van der Waals surface area contributed by atoms with Crippen molar-refractivity contribution in [1.82, 2.24) is 14.4 Å². The molecule has 2 heterocycles. The molecule has 1 aliphatic rings. The number of likely N-dealkylation sites (N-methyl/N-ethyl adjacent to an activating group) is 1. The number of aromatic nitrogens is 1. The highest BCUT2D eigenvalue weighted by molar-refractivity contribution is 5.81. The second-order valence-corrected chi connectivity index (χ2v) is 7.28. The van der Waals surface area contributed by atoms with E-state index in [4.69, 9.17) is 5.11 Å². The molecule has 25 heavy (non-hydrogen) atoms. The molecule has 0 spiro atoms. The predicted molar refractivity (Wildman–Crippen MR) is 96.8 cm³/mol. The predicted octanol–water partition coefficient (Wildman–Crippen LogP) is 1.28. The number of nitrogens with zero attached hydrogens (tertiary/aromatic N) is 3. The largest absolute Gasteiger partial charge is 0.396 e. The Kier molecular flexibility index (Phi) is 5.74. The molecule has 0 amide bonds. The van der Waals surface area contributed by atoms with Gasteiger partial charge < -0.3 is 19.7 Å². The molecule has 0 bridgehead atoms. The van der Waals surface area contributed by atoms with Gasteiger partial charge in [0.1, 0.15) is 5.82 Å². The molecule has 6 heteroatoms. The van der Waals surface area contributed by atoms with Crippen molar-refractivity contribution in [2.45, 2.75) is 6.54 Å². The van der Waals surface area contributed by atoms with Crippen molar-refractivity contribution in [2.24, 2.45) is 18.9 Å². The van der Waals surface area contributed by atoms with Crippen LogP contribution in [0.3, 0.4) is 0 Å². The fourth-order valence-corrected chi connectivity index (χ4v) is 4.00. The zero-order valence-electron chi connectivity index (χ0n) is 15.0. The monoisotopic (exact) mass is 349 g/mol. The van der Waals surface area contributed by atoms with Crippen molar-refractivity contribution in [1.29, 1.82) is 0 Å². The molecule has 2 aromatic rings. The number of hydrogen-bond donors (Lipinski definition) is 2. The quantitative estimate of drug-likeness (QED) is 0.791. The maximum atomic E-state index is 13.4. The number of aliphatic hydroxyl groups is 2. The first-order valence-electron chi connectivity index (χ1n) is 8.88. The Balaban J connectivity index is 1.70. The van der Waals surface area contributed by atoms with Gasteiger partial charge in [-0.1, -0.05) is 0 Å². The van der Waals surface area contributed by atoms with Gasteiger partial charge in [0.15, 0.2) is 0 Å². The third-order valence-corrected chi connectivity index (χ3v) is 5.40. The maximum Gasteiger partial charge on any atom is 0.123 e. The summed E-state index contributed by atoms with van der Waals surface area (Å²) in [5.41, 5.74) is 2.19. The van der Waals surface area contributed by atoms with E-state index in [1.807, 2.05) is 20.2 Å². The lowest BCUT2D eigenvalue weighted by Crippen LogP contribution is -2.33. The van der Waals surface area contributed by atoms with Crippen molar-refractivity contribution < 1.29 is 14.6 Å². The second kappa shape index (κ2) is 7.83. The van der Waals surface area contributed by atoms with E-state index >= 15 is 0 Å². The van der Waals surface area contributed by atoms with Gasteiger partial charge in [-0.25, -0.2) is 4.39 Å². The smallest absolute Gasteiger partial charge is 0.123 e. The summed E-state index contributed by atoms with van der Waals surface area (Å²) in [6.45, 7) is 4.47. The average Bonchev–Trinajstić information content (AvgIpc) is 3.08. The van der Waals surface area contributed by atoms with E-state index < -0.39 is 0 Å². The number of halogens is 1. The standard InChI is InChI=1S/C19H28FN3O2/c1-21(5-6-24)9-15-10-23(11-16(15)13-25)12-18-8-14-7-17(20)3-4-19(14)22(18)2/h3-4,7-8,15-16,24-25H,5-6,9-13H2,1-2H3/t15-,16-/m1/s1. The van der Waals surface area contributed by atoms with E-state index in [1.54, 1.807) is 6.07 Å². The molecule has 1 aromatic heterocycles. The molecule has 1 fully saturated rings. The number of likely N-dealkylation sites (tertiary alicyclic amines) is 1. The molecule has 1 aromatic carbocycles. The third kappa shape index (κ3) is 4.03. The molecule has 2 N–H and O–H groups in total. The van der Waals surface area contributed by atoms with Gasteiger partial charge in [-0.3, -0.25) is 4.90 Å². The molecule has 0 saturated carbocycles. The summed E-state index contributed by atoms with van der Waals surface area (Å²) >= 11 is 0. The van der Waals surface area contributed by atoms with Crippen molar-refractivity contribution in [3.8, 4) is 0 Å². The number of hydrogen-bond acceptors (Lipinski definition) is 4. The van der Waals surface area contributed by atoms with Crippen LogP contribution in [0, 0.1) is 17.7 Å². The lowest BCUT2D eigenvalue weighted by molar-refractivity contribution is 0.160. The molecule has 138 valence electrons. The van der Waals surface area contributed by atoms with Gasteiger partial charge in [-0.15, -0.1) is 0 Å². The van der Waals surface area contributed by atoms with Crippen LogP contribution in [0.4, 0.5) is 4.39 Å².